The molecule has 0 aromatic heterocycles. The fourth-order valence-corrected chi connectivity index (χ4v) is 2.37. The summed E-state index contributed by atoms with van der Waals surface area (Å²) in [4.78, 5) is 48.3. The molecule has 0 heterocycles. The van der Waals surface area contributed by atoms with Crippen LogP contribution in [0.2, 0.25) is 0 Å². The second-order valence-corrected chi connectivity index (χ2v) is 6.40. The summed E-state index contributed by atoms with van der Waals surface area (Å²) >= 11 is 0. The molecule has 1 fully saturated rings. The fourth-order valence-electron chi connectivity index (χ4n) is 2.37. The van der Waals surface area contributed by atoms with E-state index in [1.165, 1.54) is 12.1 Å². The number of nitrogens with one attached hydrogen (secondary N) is 3. The number of imide groups is 1. The molecule has 27 heavy (non-hydrogen) atoms. The molecule has 5 amide bonds. The van der Waals surface area contributed by atoms with E-state index in [0.717, 1.165) is 12.8 Å². The minimum atomic E-state index is -0.532. The van der Waals surface area contributed by atoms with Gasteiger partial charge in [0.1, 0.15) is 0 Å². The Kier molecular flexibility index (Phi) is 7.30. The zero-order chi connectivity index (χ0) is 19.8. The Bertz CT molecular complexity index is 700. The number of hydrogen-bond acceptors (Lipinski definition) is 5. The summed E-state index contributed by atoms with van der Waals surface area (Å²) in [6.45, 7) is 2.85. The predicted molar refractivity (Wildman–Crippen MR) is 100 cm³/mol. The second kappa shape index (κ2) is 9.67. The van der Waals surface area contributed by atoms with Crippen molar-refractivity contribution in [2.75, 3.05) is 25.0 Å². The number of amides is 5. The Labute approximate surface area is 157 Å². The van der Waals surface area contributed by atoms with Gasteiger partial charge < -0.3 is 16.4 Å². The van der Waals surface area contributed by atoms with Gasteiger partial charge in [0, 0.05) is 30.3 Å². The van der Waals surface area contributed by atoms with Crippen LogP contribution in [0.5, 0.6) is 0 Å². The Hall–Kier alpha value is -2.94. The van der Waals surface area contributed by atoms with Crippen molar-refractivity contribution in [2.24, 2.45) is 5.73 Å². The summed E-state index contributed by atoms with van der Waals surface area (Å²) in [5.74, 6) is -1.15. The SMILES string of the molecule is CCN(CCC(=O)Nc1ccc(C(N)=O)cc1)CC(=O)NC(=O)NC1CC1. The van der Waals surface area contributed by atoms with Crippen molar-refractivity contribution < 1.29 is 19.2 Å². The lowest BCUT2D eigenvalue weighted by molar-refractivity contribution is -0.122. The molecule has 9 nitrogen and oxygen atoms in total. The molecule has 9 heteroatoms. The minimum absolute atomic E-state index is 0.0369. The Balaban J connectivity index is 1.71. The van der Waals surface area contributed by atoms with Gasteiger partial charge in [-0.05, 0) is 43.7 Å². The lowest BCUT2D eigenvalue weighted by atomic mass is 10.2. The van der Waals surface area contributed by atoms with Crippen LogP contribution in [-0.4, -0.2) is 54.3 Å². The van der Waals surface area contributed by atoms with Gasteiger partial charge in [-0.1, -0.05) is 6.92 Å². The minimum Gasteiger partial charge on any atom is -0.366 e. The zero-order valence-electron chi connectivity index (χ0n) is 15.3. The monoisotopic (exact) mass is 375 g/mol. The van der Waals surface area contributed by atoms with Crippen molar-refractivity contribution in [3.63, 3.8) is 0 Å². The summed E-state index contributed by atoms with van der Waals surface area (Å²) in [6, 6.07) is 5.97. The summed E-state index contributed by atoms with van der Waals surface area (Å²) in [7, 11) is 0. The molecule has 1 aliphatic rings. The van der Waals surface area contributed by atoms with Crippen LogP contribution in [0.25, 0.3) is 0 Å². The van der Waals surface area contributed by atoms with Gasteiger partial charge in [0.25, 0.3) is 0 Å². The number of nitrogens with two attached hydrogens (primary N) is 1. The third kappa shape index (κ3) is 7.45. The van der Waals surface area contributed by atoms with Crippen molar-refractivity contribution in [3.8, 4) is 0 Å². The zero-order valence-corrected chi connectivity index (χ0v) is 15.3. The molecule has 1 aromatic carbocycles. The van der Waals surface area contributed by atoms with E-state index in [2.05, 4.69) is 16.0 Å². The number of carbonyl (C=O) groups excluding carboxylic acids is 4. The molecule has 1 saturated carbocycles. The molecule has 0 atom stereocenters. The maximum atomic E-state index is 12.0. The largest absolute Gasteiger partial charge is 0.366 e. The van der Waals surface area contributed by atoms with E-state index in [4.69, 9.17) is 5.73 Å². The molecule has 0 radical (unpaired) electrons. The van der Waals surface area contributed by atoms with Crippen LogP contribution in [0.1, 0.15) is 36.5 Å². The number of nitrogens with zero attached hydrogens (tertiary/aromatic N) is 1. The highest BCUT2D eigenvalue weighted by Gasteiger charge is 2.24. The molecular formula is C18H25N5O4. The molecule has 0 spiro atoms. The number of anilines is 1. The average Bonchev–Trinajstić information content (AvgIpc) is 3.42. The van der Waals surface area contributed by atoms with Gasteiger partial charge in [0.2, 0.25) is 17.7 Å². The van der Waals surface area contributed by atoms with Crippen LogP contribution >= 0.6 is 0 Å². The first-order valence-corrected chi connectivity index (χ1v) is 8.89. The van der Waals surface area contributed by atoms with E-state index in [-0.39, 0.29) is 24.9 Å². The molecular weight excluding hydrogens is 350 g/mol. The van der Waals surface area contributed by atoms with Crippen LogP contribution < -0.4 is 21.7 Å². The first-order valence-electron chi connectivity index (χ1n) is 8.89. The van der Waals surface area contributed by atoms with Crippen LogP contribution in [0.3, 0.4) is 0 Å². The molecule has 0 unspecified atom stereocenters. The van der Waals surface area contributed by atoms with Crippen LogP contribution in [0, 0.1) is 0 Å². The average molecular weight is 375 g/mol. The van der Waals surface area contributed by atoms with Crippen LogP contribution in [-0.2, 0) is 9.59 Å². The molecule has 2 rings (SSSR count). The number of likely N-dealkylation sites (N-methyl/N-ethyl adjacent to an activating group) is 1. The van der Waals surface area contributed by atoms with Crippen LogP contribution in [0.15, 0.2) is 24.3 Å². The Morgan fingerprint density at radius 2 is 1.78 bits per heavy atom. The summed E-state index contributed by atoms with van der Waals surface area (Å²) in [6.07, 6.45) is 2.08. The fraction of sp³-hybridized carbons (Fsp3) is 0.444. The van der Waals surface area contributed by atoms with Gasteiger partial charge >= 0.3 is 6.03 Å². The number of benzene rings is 1. The highest BCUT2D eigenvalue weighted by atomic mass is 16.2. The molecule has 0 saturated heterocycles. The topological polar surface area (TPSA) is 134 Å². The summed E-state index contributed by atoms with van der Waals surface area (Å²) in [5, 5.41) is 7.69. The molecule has 1 aliphatic carbocycles. The van der Waals surface area contributed by atoms with Gasteiger partial charge in [-0.2, -0.15) is 0 Å². The first-order chi connectivity index (χ1) is 12.9. The summed E-state index contributed by atoms with van der Waals surface area (Å²) in [5.41, 5.74) is 6.09. The maximum Gasteiger partial charge on any atom is 0.321 e. The van der Waals surface area contributed by atoms with E-state index >= 15 is 0 Å². The number of urea groups is 1. The van der Waals surface area contributed by atoms with Crippen molar-refractivity contribution in [1.29, 1.82) is 0 Å². The lowest BCUT2D eigenvalue weighted by Gasteiger charge is -2.19. The van der Waals surface area contributed by atoms with Gasteiger partial charge in [0.05, 0.1) is 6.54 Å². The molecule has 1 aromatic rings. The van der Waals surface area contributed by atoms with Gasteiger partial charge in [-0.25, -0.2) is 4.79 Å². The highest BCUT2D eigenvalue weighted by molar-refractivity contribution is 5.96. The second-order valence-electron chi connectivity index (χ2n) is 6.40. The number of carbonyl (C=O) groups is 4. The normalized spacial score (nSPS) is 13.1. The van der Waals surface area contributed by atoms with E-state index in [1.807, 2.05) is 6.92 Å². The summed E-state index contributed by atoms with van der Waals surface area (Å²) < 4.78 is 0. The predicted octanol–water partition coefficient (Wildman–Crippen LogP) is 0.424. The van der Waals surface area contributed by atoms with Crippen molar-refractivity contribution in [1.82, 2.24) is 15.5 Å². The Morgan fingerprint density at radius 1 is 1.11 bits per heavy atom. The van der Waals surface area contributed by atoms with Crippen LogP contribution in [0.4, 0.5) is 10.5 Å². The van der Waals surface area contributed by atoms with E-state index in [0.29, 0.717) is 24.3 Å². The maximum absolute atomic E-state index is 12.0. The van der Waals surface area contributed by atoms with E-state index in [1.54, 1.807) is 17.0 Å². The molecule has 0 bridgehead atoms. The molecule has 5 N–H and O–H groups in total. The van der Waals surface area contributed by atoms with Crippen molar-refractivity contribution in [3.05, 3.63) is 29.8 Å². The quantitative estimate of drug-likeness (QED) is 0.496. The lowest BCUT2D eigenvalue weighted by Crippen LogP contribution is -2.45. The first kappa shape index (κ1) is 20.4. The highest BCUT2D eigenvalue weighted by Crippen LogP contribution is 2.18. The third-order valence-electron chi connectivity index (χ3n) is 4.09. The number of primary amides is 1. The third-order valence-corrected chi connectivity index (χ3v) is 4.09. The smallest absolute Gasteiger partial charge is 0.321 e. The van der Waals surface area contributed by atoms with E-state index in [9.17, 15) is 19.2 Å². The number of rotatable bonds is 9. The number of hydrogen-bond donors (Lipinski definition) is 4. The Morgan fingerprint density at radius 3 is 2.33 bits per heavy atom. The van der Waals surface area contributed by atoms with Gasteiger partial charge in [0.15, 0.2) is 0 Å². The van der Waals surface area contributed by atoms with Crippen molar-refractivity contribution in [2.45, 2.75) is 32.2 Å². The van der Waals surface area contributed by atoms with E-state index < -0.39 is 17.8 Å². The standard InChI is InChI=1S/C18H25N5O4/c1-2-23(11-16(25)22-18(27)21-14-7-8-14)10-9-15(24)20-13-5-3-12(4-6-13)17(19)26/h3-6,14H,2,7-11H2,1H3,(H2,19,26)(H,20,24)(H2,21,22,25,27). The molecule has 146 valence electrons. The van der Waals surface area contributed by atoms with Gasteiger partial charge in [-0.15, -0.1) is 0 Å². The van der Waals surface area contributed by atoms with Crippen molar-refractivity contribution >= 4 is 29.4 Å². The van der Waals surface area contributed by atoms with Gasteiger partial charge in [-0.3, -0.25) is 24.6 Å². The molecule has 0 aliphatic heterocycles.